The number of piperidine rings is 1. The van der Waals surface area contributed by atoms with E-state index in [9.17, 15) is 4.79 Å². The molecule has 0 spiro atoms. The highest BCUT2D eigenvalue weighted by Crippen LogP contribution is 2.23. The molecule has 1 aromatic rings. The Labute approximate surface area is 107 Å². The first kappa shape index (κ1) is 12.6. The highest BCUT2D eigenvalue weighted by molar-refractivity contribution is 5.92. The highest BCUT2D eigenvalue weighted by atomic mass is 16.2. The molecule has 94 valence electrons. The Hall–Kier alpha value is -1.89. The van der Waals surface area contributed by atoms with Crippen LogP contribution in [0.25, 0.3) is 0 Å². The summed E-state index contributed by atoms with van der Waals surface area (Å²) in [6.07, 6.45) is 2.49. The van der Waals surface area contributed by atoms with Crippen LogP contribution in [0.3, 0.4) is 0 Å². The topological polar surface area (TPSA) is 57.0 Å². The zero-order valence-electron chi connectivity index (χ0n) is 10.8. The van der Waals surface area contributed by atoms with Crippen molar-refractivity contribution in [1.82, 2.24) is 9.88 Å². The van der Waals surface area contributed by atoms with E-state index in [0.717, 1.165) is 19.5 Å². The molecule has 2 heterocycles. The molecule has 4 nitrogen and oxygen atoms in total. The second kappa shape index (κ2) is 5.18. The van der Waals surface area contributed by atoms with Gasteiger partial charge in [0.15, 0.2) is 0 Å². The van der Waals surface area contributed by atoms with Crippen molar-refractivity contribution in [3.05, 3.63) is 29.6 Å². The van der Waals surface area contributed by atoms with E-state index in [-0.39, 0.29) is 5.91 Å². The molecule has 2 atom stereocenters. The number of carbonyl (C=O) groups excluding carboxylic acids is 1. The van der Waals surface area contributed by atoms with E-state index >= 15 is 0 Å². The number of rotatable bonds is 1. The van der Waals surface area contributed by atoms with Gasteiger partial charge in [-0.25, -0.2) is 4.98 Å². The fourth-order valence-electron chi connectivity index (χ4n) is 2.20. The molecule has 2 unspecified atom stereocenters. The number of aromatic nitrogens is 1. The lowest BCUT2D eigenvalue weighted by molar-refractivity contribution is 0.0621. The second-order valence-electron chi connectivity index (χ2n) is 5.04. The smallest absolute Gasteiger partial charge is 0.272 e. The average Bonchev–Trinajstić information content (AvgIpc) is 2.41. The lowest BCUT2D eigenvalue weighted by Crippen LogP contribution is -2.42. The molecule has 0 saturated carbocycles. The van der Waals surface area contributed by atoms with Crippen molar-refractivity contribution in [3.63, 3.8) is 0 Å². The Morgan fingerprint density at radius 2 is 2.22 bits per heavy atom. The summed E-state index contributed by atoms with van der Waals surface area (Å²) < 4.78 is 0. The summed E-state index contributed by atoms with van der Waals surface area (Å²) in [5, 5.41) is 8.69. The fourth-order valence-corrected chi connectivity index (χ4v) is 2.20. The van der Waals surface area contributed by atoms with Gasteiger partial charge in [0.1, 0.15) is 11.8 Å². The number of nitrogens with zero attached hydrogens (tertiary/aromatic N) is 3. The summed E-state index contributed by atoms with van der Waals surface area (Å²) in [4.78, 5) is 18.1. The summed E-state index contributed by atoms with van der Waals surface area (Å²) in [7, 11) is 0. The third-order valence-corrected chi connectivity index (χ3v) is 3.73. The van der Waals surface area contributed by atoms with Crippen LogP contribution in [0, 0.1) is 23.2 Å². The standard InChI is InChI=1S/C14H17N3O/c1-10-5-6-17(9-11(10)2)14(18)13-4-3-12(7-15)8-16-13/h3-4,8,10-11H,5-6,9H2,1-2H3. The Morgan fingerprint density at radius 1 is 1.44 bits per heavy atom. The minimum absolute atomic E-state index is 0.0294. The van der Waals surface area contributed by atoms with Crippen molar-refractivity contribution in [2.24, 2.45) is 11.8 Å². The van der Waals surface area contributed by atoms with Crippen LogP contribution in [0.15, 0.2) is 18.3 Å². The van der Waals surface area contributed by atoms with Crippen LogP contribution in [-0.2, 0) is 0 Å². The maximum absolute atomic E-state index is 12.2. The quantitative estimate of drug-likeness (QED) is 0.758. The van der Waals surface area contributed by atoms with E-state index in [1.807, 2.05) is 11.0 Å². The van der Waals surface area contributed by atoms with Gasteiger partial charge in [-0.2, -0.15) is 5.26 Å². The van der Waals surface area contributed by atoms with E-state index in [0.29, 0.717) is 23.1 Å². The molecule has 0 radical (unpaired) electrons. The molecule has 2 rings (SSSR count). The van der Waals surface area contributed by atoms with Gasteiger partial charge in [-0.05, 0) is 30.4 Å². The molecule has 1 aliphatic rings. The lowest BCUT2D eigenvalue weighted by atomic mass is 9.88. The van der Waals surface area contributed by atoms with E-state index < -0.39 is 0 Å². The minimum Gasteiger partial charge on any atom is -0.337 e. The molecule has 0 aliphatic carbocycles. The third kappa shape index (κ3) is 2.51. The van der Waals surface area contributed by atoms with E-state index in [1.54, 1.807) is 12.1 Å². The first-order chi connectivity index (χ1) is 8.61. The van der Waals surface area contributed by atoms with Crippen LogP contribution in [-0.4, -0.2) is 28.9 Å². The van der Waals surface area contributed by atoms with E-state index in [2.05, 4.69) is 18.8 Å². The lowest BCUT2D eigenvalue weighted by Gasteiger charge is -2.35. The molecule has 1 amide bonds. The number of hydrogen-bond acceptors (Lipinski definition) is 3. The molecule has 1 aromatic heterocycles. The Morgan fingerprint density at radius 3 is 2.78 bits per heavy atom. The maximum atomic E-state index is 12.2. The van der Waals surface area contributed by atoms with Crippen LogP contribution in [0.4, 0.5) is 0 Å². The van der Waals surface area contributed by atoms with E-state index in [1.165, 1.54) is 6.20 Å². The van der Waals surface area contributed by atoms with Crippen molar-refractivity contribution < 1.29 is 4.79 Å². The monoisotopic (exact) mass is 243 g/mol. The average molecular weight is 243 g/mol. The van der Waals surface area contributed by atoms with Crippen LogP contribution < -0.4 is 0 Å². The number of pyridine rings is 1. The number of amides is 1. The number of hydrogen-bond donors (Lipinski definition) is 0. The van der Waals surface area contributed by atoms with Crippen molar-refractivity contribution in [1.29, 1.82) is 5.26 Å². The fraction of sp³-hybridized carbons (Fsp3) is 0.500. The summed E-state index contributed by atoms with van der Waals surface area (Å²) in [5.74, 6) is 1.17. The molecule has 0 aromatic carbocycles. The number of likely N-dealkylation sites (tertiary alicyclic amines) is 1. The minimum atomic E-state index is -0.0294. The van der Waals surface area contributed by atoms with Crippen LogP contribution >= 0.6 is 0 Å². The second-order valence-corrected chi connectivity index (χ2v) is 5.04. The predicted molar refractivity (Wildman–Crippen MR) is 67.8 cm³/mol. The maximum Gasteiger partial charge on any atom is 0.272 e. The zero-order valence-corrected chi connectivity index (χ0v) is 10.8. The summed E-state index contributed by atoms with van der Waals surface area (Å²) in [5.41, 5.74) is 0.905. The van der Waals surface area contributed by atoms with Crippen LogP contribution in [0.1, 0.15) is 36.3 Å². The van der Waals surface area contributed by atoms with Gasteiger partial charge in [-0.3, -0.25) is 4.79 Å². The van der Waals surface area contributed by atoms with Crippen LogP contribution in [0.5, 0.6) is 0 Å². The van der Waals surface area contributed by atoms with Gasteiger partial charge in [0.05, 0.1) is 5.56 Å². The summed E-state index contributed by atoms with van der Waals surface area (Å²) >= 11 is 0. The Kier molecular flexibility index (Phi) is 3.61. The van der Waals surface area contributed by atoms with Crippen molar-refractivity contribution in [2.75, 3.05) is 13.1 Å². The van der Waals surface area contributed by atoms with Crippen molar-refractivity contribution in [2.45, 2.75) is 20.3 Å². The van der Waals surface area contributed by atoms with Gasteiger partial charge in [0, 0.05) is 19.3 Å². The first-order valence-corrected chi connectivity index (χ1v) is 6.27. The largest absolute Gasteiger partial charge is 0.337 e. The van der Waals surface area contributed by atoms with E-state index in [4.69, 9.17) is 5.26 Å². The first-order valence-electron chi connectivity index (χ1n) is 6.27. The van der Waals surface area contributed by atoms with Crippen molar-refractivity contribution in [3.8, 4) is 6.07 Å². The molecule has 0 N–H and O–H groups in total. The zero-order chi connectivity index (χ0) is 13.1. The van der Waals surface area contributed by atoms with Gasteiger partial charge in [0.25, 0.3) is 5.91 Å². The molecular formula is C14H17N3O. The van der Waals surface area contributed by atoms with Gasteiger partial charge in [-0.15, -0.1) is 0 Å². The van der Waals surface area contributed by atoms with Gasteiger partial charge in [0.2, 0.25) is 0 Å². The highest BCUT2D eigenvalue weighted by Gasteiger charge is 2.26. The predicted octanol–water partition coefficient (Wildman–Crippen LogP) is 2.07. The number of carbonyl (C=O) groups is 1. The third-order valence-electron chi connectivity index (χ3n) is 3.73. The summed E-state index contributed by atoms with van der Waals surface area (Å²) in [6.45, 7) is 6.00. The molecule has 1 aliphatic heterocycles. The van der Waals surface area contributed by atoms with Gasteiger partial charge >= 0.3 is 0 Å². The van der Waals surface area contributed by atoms with Crippen LogP contribution in [0.2, 0.25) is 0 Å². The summed E-state index contributed by atoms with van der Waals surface area (Å²) in [6, 6.07) is 5.26. The molecule has 18 heavy (non-hydrogen) atoms. The van der Waals surface area contributed by atoms with Gasteiger partial charge < -0.3 is 4.90 Å². The molecular weight excluding hydrogens is 226 g/mol. The Balaban J connectivity index is 2.09. The molecule has 4 heteroatoms. The van der Waals surface area contributed by atoms with Gasteiger partial charge in [-0.1, -0.05) is 13.8 Å². The van der Waals surface area contributed by atoms with Crippen molar-refractivity contribution >= 4 is 5.91 Å². The Bertz CT molecular complexity index is 475. The SMILES string of the molecule is CC1CCN(C(=O)c2ccc(C#N)cn2)CC1C. The number of nitriles is 1. The molecule has 1 fully saturated rings. The normalized spacial score (nSPS) is 23.5. The molecule has 0 bridgehead atoms. The molecule has 1 saturated heterocycles.